The fraction of sp³-hybridized carbons (Fsp3) is 0.913. The lowest BCUT2D eigenvalue weighted by Gasteiger charge is -2.56. The summed E-state index contributed by atoms with van der Waals surface area (Å²) in [5.41, 5.74) is 0.172. The lowest BCUT2D eigenvalue weighted by molar-refractivity contribution is -0.136. The molecule has 33 heavy (non-hydrogen) atoms. The number of carbonyl (C=O) groups excluding carboxylic acids is 2. The van der Waals surface area contributed by atoms with Crippen molar-refractivity contribution in [3.05, 3.63) is 0 Å². The fourth-order valence-corrected chi connectivity index (χ4v) is 9.12. The predicted octanol–water partition coefficient (Wildman–Crippen LogP) is 0.346. The van der Waals surface area contributed by atoms with E-state index in [4.69, 9.17) is 0 Å². The van der Waals surface area contributed by atoms with Crippen LogP contribution in [-0.2, 0) is 19.8 Å². The molecule has 9 nitrogen and oxygen atoms in total. The Morgan fingerprint density at radius 2 is 1.30 bits per heavy atom. The molecule has 2 saturated heterocycles. The van der Waals surface area contributed by atoms with E-state index in [9.17, 15) is 18.0 Å². The molecule has 6 fully saturated rings. The molecule has 2 aliphatic heterocycles. The van der Waals surface area contributed by atoms with Crippen LogP contribution < -0.4 is 5.32 Å². The number of nitrogens with zero attached hydrogens (tertiary/aromatic N) is 4. The van der Waals surface area contributed by atoms with Crippen molar-refractivity contribution in [3.8, 4) is 0 Å². The second-order valence-electron chi connectivity index (χ2n) is 11.4. The van der Waals surface area contributed by atoms with Crippen LogP contribution in [0.5, 0.6) is 0 Å². The van der Waals surface area contributed by atoms with Gasteiger partial charge in [-0.05, 0) is 68.7 Å². The van der Waals surface area contributed by atoms with E-state index in [0.29, 0.717) is 45.7 Å². The van der Waals surface area contributed by atoms with Crippen molar-refractivity contribution in [2.75, 3.05) is 66.0 Å². The smallest absolute Gasteiger partial charge is 0.282 e. The zero-order valence-electron chi connectivity index (χ0n) is 19.9. The number of hydrogen-bond acceptors (Lipinski definition) is 5. The third-order valence-corrected chi connectivity index (χ3v) is 10.9. The first-order valence-corrected chi connectivity index (χ1v) is 14.1. The van der Waals surface area contributed by atoms with Crippen molar-refractivity contribution >= 4 is 22.0 Å². The minimum absolute atomic E-state index is 0.00146. The average Bonchev–Trinajstić information content (AvgIpc) is 2.76. The van der Waals surface area contributed by atoms with E-state index < -0.39 is 10.2 Å². The first-order valence-electron chi connectivity index (χ1n) is 12.7. The van der Waals surface area contributed by atoms with E-state index in [1.807, 2.05) is 7.05 Å². The van der Waals surface area contributed by atoms with Crippen molar-refractivity contribution in [2.45, 2.75) is 44.9 Å². The number of hydrogen-bond donors (Lipinski definition) is 1. The SMILES string of the molecule is CN1CCN(S(=O)(=O)N2CCN(C(=O)CNC(=O)CC34CC5CC(CC(C5)C3)C4)CC2)CC1. The van der Waals surface area contributed by atoms with Gasteiger partial charge in [-0.25, -0.2) is 0 Å². The van der Waals surface area contributed by atoms with Crippen molar-refractivity contribution in [1.82, 2.24) is 23.7 Å². The number of likely N-dealkylation sites (N-methyl/N-ethyl adjacent to an activating group) is 1. The van der Waals surface area contributed by atoms with Crippen molar-refractivity contribution in [3.63, 3.8) is 0 Å². The molecule has 4 bridgehead atoms. The normalized spacial score (nSPS) is 35.7. The number of nitrogens with one attached hydrogen (secondary N) is 1. The number of piperazine rings is 2. The van der Waals surface area contributed by atoms with Gasteiger partial charge in [-0.2, -0.15) is 17.0 Å². The zero-order valence-corrected chi connectivity index (χ0v) is 20.7. The molecule has 2 amide bonds. The largest absolute Gasteiger partial charge is 0.347 e. The maximum absolute atomic E-state index is 12.9. The predicted molar refractivity (Wildman–Crippen MR) is 124 cm³/mol. The van der Waals surface area contributed by atoms with Gasteiger partial charge in [-0.3, -0.25) is 9.59 Å². The molecule has 6 aliphatic rings. The lowest BCUT2D eigenvalue weighted by Crippen LogP contribution is -2.57. The molecule has 1 N–H and O–H groups in total. The summed E-state index contributed by atoms with van der Waals surface area (Å²) in [6.45, 7) is 3.86. The van der Waals surface area contributed by atoms with Gasteiger partial charge in [-0.1, -0.05) is 0 Å². The highest BCUT2D eigenvalue weighted by Crippen LogP contribution is 2.61. The average molecular weight is 482 g/mol. The van der Waals surface area contributed by atoms with Crippen LogP contribution in [0.2, 0.25) is 0 Å². The van der Waals surface area contributed by atoms with Crippen molar-refractivity contribution < 1.29 is 18.0 Å². The van der Waals surface area contributed by atoms with Gasteiger partial charge in [0.1, 0.15) is 0 Å². The summed E-state index contributed by atoms with van der Waals surface area (Å²) in [6, 6.07) is 0. The highest BCUT2D eigenvalue weighted by Gasteiger charge is 2.51. The molecule has 0 atom stereocenters. The lowest BCUT2D eigenvalue weighted by atomic mass is 9.49. The molecule has 2 heterocycles. The summed E-state index contributed by atoms with van der Waals surface area (Å²) in [4.78, 5) is 29.2. The Morgan fingerprint density at radius 3 is 1.82 bits per heavy atom. The van der Waals surface area contributed by atoms with E-state index >= 15 is 0 Å². The quantitative estimate of drug-likeness (QED) is 0.591. The summed E-state index contributed by atoms with van der Waals surface area (Å²) in [7, 11) is -1.48. The first kappa shape index (κ1) is 23.5. The Balaban J connectivity index is 1.06. The molecule has 186 valence electrons. The molecular formula is C23H39N5O4S. The van der Waals surface area contributed by atoms with E-state index in [0.717, 1.165) is 30.8 Å². The summed E-state index contributed by atoms with van der Waals surface area (Å²) in [5.74, 6) is 2.31. The Bertz CT molecular complexity index is 827. The molecule has 4 aliphatic carbocycles. The van der Waals surface area contributed by atoms with E-state index in [1.54, 1.807) is 9.21 Å². The molecule has 0 aromatic carbocycles. The van der Waals surface area contributed by atoms with Crippen LogP contribution >= 0.6 is 0 Å². The van der Waals surface area contributed by atoms with Gasteiger partial charge in [0.2, 0.25) is 11.8 Å². The third kappa shape index (κ3) is 4.94. The Morgan fingerprint density at radius 1 is 0.818 bits per heavy atom. The van der Waals surface area contributed by atoms with E-state index in [2.05, 4.69) is 10.2 Å². The van der Waals surface area contributed by atoms with Crippen LogP contribution in [0.4, 0.5) is 0 Å². The molecule has 0 unspecified atom stereocenters. The van der Waals surface area contributed by atoms with Crippen LogP contribution in [0.15, 0.2) is 0 Å². The molecule has 0 radical (unpaired) electrons. The first-order chi connectivity index (χ1) is 15.7. The monoisotopic (exact) mass is 481 g/mol. The van der Waals surface area contributed by atoms with Gasteiger partial charge in [0.15, 0.2) is 0 Å². The topological polar surface area (TPSA) is 93.3 Å². The van der Waals surface area contributed by atoms with Crippen molar-refractivity contribution in [2.24, 2.45) is 23.2 Å². The summed E-state index contributed by atoms with van der Waals surface area (Å²) >= 11 is 0. The fourth-order valence-electron chi connectivity index (χ4n) is 7.55. The molecule has 0 aromatic heterocycles. The second kappa shape index (κ2) is 9.09. The van der Waals surface area contributed by atoms with E-state index in [-0.39, 0.29) is 23.8 Å². The van der Waals surface area contributed by atoms with Gasteiger partial charge in [0, 0.05) is 58.8 Å². The standard InChI is InChI=1S/C23H39N5O4S/c1-25-2-6-27(7-3-25)33(31,32)28-8-4-26(5-9-28)22(30)17-24-21(29)16-23-13-18-10-19(14-23)12-20(11-18)15-23/h18-20H,2-17H2,1H3,(H,24,29). The minimum Gasteiger partial charge on any atom is -0.347 e. The Labute approximate surface area is 198 Å². The molecule has 6 rings (SSSR count). The van der Waals surface area contributed by atoms with Gasteiger partial charge in [-0.15, -0.1) is 0 Å². The summed E-state index contributed by atoms with van der Waals surface area (Å²) in [5, 5.41) is 2.88. The summed E-state index contributed by atoms with van der Waals surface area (Å²) < 4.78 is 28.9. The number of amides is 2. The van der Waals surface area contributed by atoms with Gasteiger partial charge < -0.3 is 15.1 Å². The number of carbonyl (C=O) groups is 2. The molecule has 0 aromatic rings. The second-order valence-corrected chi connectivity index (χ2v) is 13.3. The number of rotatable bonds is 6. The Kier molecular flexibility index (Phi) is 6.48. The molecule has 10 heteroatoms. The third-order valence-electron chi connectivity index (χ3n) is 8.84. The summed E-state index contributed by atoms with van der Waals surface area (Å²) in [6.07, 6.45) is 8.18. The molecular weight excluding hydrogens is 442 g/mol. The maximum Gasteiger partial charge on any atom is 0.282 e. The molecule has 0 spiro atoms. The Hall–Kier alpha value is -1.23. The van der Waals surface area contributed by atoms with Crippen LogP contribution in [0.25, 0.3) is 0 Å². The highest BCUT2D eigenvalue weighted by atomic mass is 32.2. The zero-order chi connectivity index (χ0) is 23.2. The van der Waals surface area contributed by atoms with Gasteiger partial charge in [0.25, 0.3) is 10.2 Å². The van der Waals surface area contributed by atoms with Crippen LogP contribution in [0, 0.1) is 23.2 Å². The maximum atomic E-state index is 12.9. The minimum atomic E-state index is -3.48. The van der Waals surface area contributed by atoms with Gasteiger partial charge in [0.05, 0.1) is 6.54 Å². The van der Waals surface area contributed by atoms with Crippen molar-refractivity contribution in [1.29, 1.82) is 0 Å². The van der Waals surface area contributed by atoms with E-state index in [1.165, 1.54) is 42.8 Å². The van der Waals surface area contributed by atoms with Crippen LogP contribution in [0.1, 0.15) is 44.9 Å². The van der Waals surface area contributed by atoms with Crippen LogP contribution in [-0.4, -0.2) is 105 Å². The van der Waals surface area contributed by atoms with Crippen LogP contribution in [0.3, 0.4) is 0 Å². The van der Waals surface area contributed by atoms with Gasteiger partial charge >= 0.3 is 0 Å². The molecule has 4 saturated carbocycles. The highest BCUT2D eigenvalue weighted by molar-refractivity contribution is 7.86.